The molecule has 1 saturated carbocycles. The van der Waals surface area contributed by atoms with Gasteiger partial charge in [-0.15, -0.1) is 0 Å². The number of hydrogen-bond donors (Lipinski definition) is 1. The Kier molecular flexibility index (Phi) is 5.11. The lowest BCUT2D eigenvalue weighted by Crippen LogP contribution is -2.24. The van der Waals surface area contributed by atoms with Crippen LogP contribution in [0.25, 0.3) is 0 Å². The molecule has 0 spiro atoms. The van der Waals surface area contributed by atoms with Gasteiger partial charge in [-0.05, 0) is 59.8 Å². The third-order valence-electron chi connectivity index (χ3n) is 3.56. The van der Waals surface area contributed by atoms with Gasteiger partial charge < -0.3 is 14.8 Å². The molecule has 0 radical (unpaired) electrons. The van der Waals surface area contributed by atoms with Crippen molar-refractivity contribution >= 4 is 15.9 Å². The molecule has 1 atom stereocenters. The molecule has 19 heavy (non-hydrogen) atoms. The second-order valence-corrected chi connectivity index (χ2v) is 5.77. The van der Waals surface area contributed by atoms with Gasteiger partial charge in [-0.2, -0.15) is 0 Å². The molecule has 3 nitrogen and oxygen atoms in total. The summed E-state index contributed by atoms with van der Waals surface area (Å²) < 4.78 is 11.8. The van der Waals surface area contributed by atoms with Crippen molar-refractivity contribution < 1.29 is 9.47 Å². The monoisotopic (exact) mass is 327 g/mol. The van der Waals surface area contributed by atoms with Crippen LogP contribution in [0.1, 0.15) is 37.8 Å². The lowest BCUT2D eigenvalue weighted by Gasteiger charge is -2.22. The van der Waals surface area contributed by atoms with E-state index >= 15 is 0 Å². The van der Waals surface area contributed by atoms with Crippen LogP contribution in [-0.4, -0.2) is 20.8 Å². The largest absolute Gasteiger partial charge is 0.495 e. The summed E-state index contributed by atoms with van der Waals surface area (Å²) in [6, 6.07) is 4.51. The molecule has 0 bridgehead atoms. The van der Waals surface area contributed by atoms with E-state index in [-0.39, 0.29) is 0 Å². The van der Waals surface area contributed by atoms with Crippen molar-refractivity contribution in [2.45, 2.75) is 32.2 Å². The lowest BCUT2D eigenvalue weighted by molar-refractivity contribution is 0.374. The molecule has 1 N–H and O–H groups in total. The topological polar surface area (TPSA) is 30.5 Å². The Balaban J connectivity index is 2.32. The number of nitrogens with one attached hydrogen (secondary N) is 1. The molecular weight excluding hydrogens is 306 g/mol. The predicted molar refractivity (Wildman–Crippen MR) is 81.0 cm³/mol. The van der Waals surface area contributed by atoms with Crippen molar-refractivity contribution in [3.8, 4) is 11.5 Å². The standard InChI is InChI=1S/C15H22BrNO2/c1-4-9-17-14(10-5-6-10)11-7-8-12(18-2)13(16)15(11)19-3/h7-8,10,14,17H,4-6,9H2,1-3H3. The fraction of sp³-hybridized carbons (Fsp3) is 0.600. The van der Waals surface area contributed by atoms with Crippen LogP contribution in [0.3, 0.4) is 0 Å². The molecule has 0 heterocycles. The normalized spacial score (nSPS) is 16.2. The second-order valence-electron chi connectivity index (χ2n) is 4.97. The average Bonchev–Trinajstić information content (AvgIpc) is 3.24. The zero-order valence-electron chi connectivity index (χ0n) is 11.8. The maximum atomic E-state index is 5.59. The van der Waals surface area contributed by atoms with Gasteiger partial charge in [0.15, 0.2) is 0 Å². The Morgan fingerprint density at radius 2 is 2.05 bits per heavy atom. The molecule has 0 amide bonds. The summed E-state index contributed by atoms with van der Waals surface area (Å²) in [5.74, 6) is 2.44. The van der Waals surface area contributed by atoms with Crippen LogP contribution in [0.5, 0.6) is 11.5 Å². The first kappa shape index (κ1) is 14.7. The van der Waals surface area contributed by atoms with E-state index in [1.807, 2.05) is 6.07 Å². The molecule has 1 unspecified atom stereocenters. The highest BCUT2D eigenvalue weighted by Gasteiger charge is 2.34. The SMILES string of the molecule is CCCNC(c1ccc(OC)c(Br)c1OC)C1CC1. The Morgan fingerprint density at radius 3 is 2.58 bits per heavy atom. The summed E-state index contributed by atoms with van der Waals surface area (Å²) in [4.78, 5) is 0. The quantitative estimate of drug-likeness (QED) is 0.823. The Bertz CT molecular complexity index is 432. The van der Waals surface area contributed by atoms with Crippen molar-refractivity contribution in [3.63, 3.8) is 0 Å². The van der Waals surface area contributed by atoms with Gasteiger partial charge in [0, 0.05) is 11.6 Å². The molecule has 1 fully saturated rings. The zero-order valence-corrected chi connectivity index (χ0v) is 13.4. The van der Waals surface area contributed by atoms with E-state index in [9.17, 15) is 0 Å². The van der Waals surface area contributed by atoms with Crippen LogP contribution in [-0.2, 0) is 0 Å². The average molecular weight is 328 g/mol. The van der Waals surface area contributed by atoms with Crippen LogP contribution in [0.2, 0.25) is 0 Å². The van der Waals surface area contributed by atoms with E-state index in [0.717, 1.165) is 34.9 Å². The van der Waals surface area contributed by atoms with E-state index < -0.39 is 0 Å². The molecule has 1 aromatic carbocycles. The molecule has 106 valence electrons. The first-order valence-electron chi connectivity index (χ1n) is 6.86. The molecule has 0 aliphatic heterocycles. The molecule has 4 heteroatoms. The molecular formula is C15H22BrNO2. The summed E-state index contributed by atoms with van der Waals surface area (Å²) >= 11 is 3.58. The Hall–Kier alpha value is -0.740. The van der Waals surface area contributed by atoms with Crippen LogP contribution >= 0.6 is 15.9 Å². The Labute approximate surface area is 123 Å². The van der Waals surface area contributed by atoms with Gasteiger partial charge in [-0.25, -0.2) is 0 Å². The van der Waals surface area contributed by atoms with Gasteiger partial charge in [0.2, 0.25) is 0 Å². The van der Waals surface area contributed by atoms with E-state index in [0.29, 0.717) is 6.04 Å². The number of methoxy groups -OCH3 is 2. The lowest BCUT2D eigenvalue weighted by atomic mass is 10.0. The minimum atomic E-state index is 0.386. The third kappa shape index (κ3) is 3.23. The van der Waals surface area contributed by atoms with E-state index in [2.05, 4.69) is 34.2 Å². The Morgan fingerprint density at radius 1 is 1.32 bits per heavy atom. The van der Waals surface area contributed by atoms with Crippen molar-refractivity contribution in [2.24, 2.45) is 5.92 Å². The van der Waals surface area contributed by atoms with E-state index in [1.165, 1.54) is 18.4 Å². The fourth-order valence-corrected chi connectivity index (χ4v) is 3.11. The van der Waals surface area contributed by atoms with E-state index in [4.69, 9.17) is 9.47 Å². The highest BCUT2D eigenvalue weighted by Crippen LogP contribution is 2.47. The maximum absolute atomic E-state index is 5.59. The fourth-order valence-electron chi connectivity index (χ4n) is 2.42. The summed E-state index contributed by atoms with van der Waals surface area (Å²) in [5.41, 5.74) is 1.23. The number of ether oxygens (including phenoxy) is 2. The summed E-state index contributed by atoms with van der Waals surface area (Å²) in [6.07, 6.45) is 3.74. The summed E-state index contributed by atoms with van der Waals surface area (Å²) in [6.45, 7) is 3.23. The number of halogens is 1. The van der Waals surface area contributed by atoms with Crippen LogP contribution in [0, 0.1) is 5.92 Å². The smallest absolute Gasteiger partial charge is 0.141 e. The van der Waals surface area contributed by atoms with Crippen molar-refractivity contribution in [3.05, 3.63) is 22.2 Å². The molecule has 1 aliphatic carbocycles. The number of hydrogen-bond acceptors (Lipinski definition) is 3. The molecule has 0 saturated heterocycles. The highest BCUT2D eigenvalue weighted by atomic mass is 79.9. The first-order valence-corrected chi connectivity index (χ1v) is 7.66. The van der Waals surface area contributed by atoms with Crippen LogP contribution < -0.4 is 14.8 Å². The van der Waals surface area contributed by atoms with Gasteiger partial charge in [0.05, 0.1) is 14.2 Å². The molecule has 1 aliphatic rings. The van der Waals surface area contributed by atoms with Gasteiger partial charge in [-0.1, -0.05) is 6.92 Å². The van der Waals surface area contributed by atoms with Gasteiger partial charge in [0.1, 0.15) is 16.0 Å². The zero-order chi connectivity index (χ0) is 13.8. The predicted octanol–water partition coefficient (Wildman–Crippen LogP) is 3.92. The summed E-state index contributed by atoms with van der Waals surface area (Å²) in [5, 5.41) is 3.65. The second kappa shape index (κ2) is 6.62. The minimum Gasteiger partial charge on any atom is -0.495 e. The van der Waals surface area contributed by atoms with Crippen molar-refractivity contribution in [1.29, 1.82) is 0 Å². The van der Waals surface area contributed by atoms with Gasteiger partial charge in [0.25, 0.3) is 0 Å². The maximum Gasteiger partial charge on any atom is 0.141 e. The molecule has 1 aromatic rings. The number of benzene rings is 1. The van der Waals surface area contributed by atoms with Crippen molar-refractivity contribution in [1.82, 2.24) is 5.32 Å². The first-order chi connectivity index (χ1) is 9.22. The van der Waals surface area contributed by atoms with Crippen LogP contribution in [0.4, 0.5) is 0 Å². The highest BCUT2D eigenvalue weighted by molar-refractivity contribution is 9.10. The molecule has 2 rings (SSSR count). The van der Waals surface area contributed by atoms with Crippen molar-refractivity contribution in [2.75, 3.05) is 20.8 Å². The summed E-state index contributed by atoms with van der Waals surface area (Å²) in [7, 11) is 3.39. The third-order valence-corrected chi connectivity index (χ3v) is 4.31. The minimum absolute atomic E-state index is 0.386. The van der Waals surface area contributed by atoms with Gasteiger partial charge >= 0.3 is 0 Å². The molecule has 0 aromatic heterocycles. The van der Waals surface area contributed by atoms with Gasteiger partial charge in [-0.3, -0.25) is 0 Å². The van der Waals surface area contributed by atoms with Crippen LogP contribution in [0.15, 0.2) is 16.6 Å². The number of rotatable bonds is 7. The van der Waals surface area contributed by atoms with E-state index in [1.54, 1.807) is 14.2 Å².